The van der Waals surface area contributed by atoms with Crippen LogP contribution in [0.4, 0.5) is 14.9 Å². The van der Waals surface area contributed by atoms with Crippen molar-refractivity contribution in [3.63, 3.8) is 0 Å². The number of hydrogen-bond acceptors (Lipinski definition) is 4. The summed E-state index contributed by atoms with van der Waals surface area (Å²) in [5.74, 6) is 0.473. The molecule has 1 aromatic heterocycles. The van der Waals surface area contributed by atoms with Crippen LogP contribution in [0.5, 0.6) is 0 Å². The van der Waals surface area contributed by atoms with Gasteiger partial charge < -0.3 is 15.5 Å². The smallest absolute Gasteiger partial charge is 0.319 e. The second kappa shape index (κ2) is 10.8. The van der Waals surface area contributed by atoms with Gasteiger partial charge in [-0.3, -0.25) is 0 Å². The van der Waals surface area contributed by atoms with E-state index >= 15 is 0 Å². The molecule has 2 amide bonds. The minimum Gasteiger partial charge on any atom is -0.336 e. The molecule has 1 atom stereocenters. The van der Waals surface area contributed by atoms with Gasteiger partial charge in [0.25, 0.3) is 0 Å². The molecule has 0 saturated carbocycles. The molecule has 1 heterocycles. The molecule has 5 nitrogen and oxygen atoms in total. The van der Waals surface area contributed by atoms with Crippen molar-refractivity contribution in [2.24, 2.45) is 0 Å². The van der Waals surface area contributed by atoms with Crippen molar-refractivity contribution >= 4 is 23.5 Å². The van der Waals surface area contributed by atoms with Gasteiger partial charge in [-0.05, 0) is 61.6 Å². The third-order valence-corrected chi connectivity index (χ3v) is 5.54. The first-order valence-electron chi connectivity index (χ1n) is 9.61. The van der Waals surface area contributed by atoms with Gasteiger partial charge in [0.2, 0.25) is 0 Å². The molecule has 30 heavy (non-hydrogen) atoms. The average molecular weight is 425 g/mol. The van der Waals surface area contributed by atoms with Gasteiger partial charge in [-0.2, -0.15) is 0 Å². The zero-order valence-electron chi connectivity index (χ0n) is 17.0. The SMILES string of the molecule is CN(C)C(CNC(=O)Nc1cccc(CSc2ccccn2)c1)c1cccc(F)c1. The van der Waals surface area contributed by atoms with Crippen molar-refractivity contribution in [1.29, 1.82) is 0 Å². The zero-order valence-corrected chi connectivity index (χ0v) is 17.8. The molecular weight excluding hydrogens is 399 g/mol. The first kappa shape index (κ1) is 21.8. The standard InChI is InChI=1S/C23H25FN4OS/c1-28(2)21(18-8-6-9-19(24)14-18)15-26-23(29)27-20-10-5-7-17(13-20)16-30-22-11-3-4-12-25-22/h3-14,21H,15-16H2,1-2H3,(H2,26,27,29). The number of anilines is 1. The first-order valence-corrected chi connectivity index (χ1v) is 10.6. The first-order chi connectivity index (χ1) is 14.5. The monoisotopic (exact) mass is 424 g/mol. The van der Waals surface area contributed by atoms with E-state index in [1.54, 1.807) is 24.0 Å². The van der Waals surface area contributed by atoms with E-state index in [1.807, 2.05) is 67.5 Å². The van der Waals surface area contributed by atoms with Crippen LogP contribution in [0.2, 0.25) is 0 Å². The van der Waals surface area contributed by atoms with E-state index in [1.165, 1.54) is 12.1 Å². The summed E-state index contributed by atoms with van der Waals surface area (Å²) in [7, 11) is 3.80. The quantitative estimate of drug-likeness (QED) is 0.503. The predicted octanol–water partition coefficient (Wildman–Crippen LogP) is 4.94. The highest BCUT2D eigenvalue weighted by Crippen LogP contribution is 2.22. The summed E-state index contributed by atoms with van der Waals surface area (Å²) in [6, 6.07) is 19.6. The van der Waals surface area contributed by atoms with Crippen LogP contribution in [0.3, 0.4) is 0 Å². The molecular formula is C23H25FN4OS. The topological polar surface area (TPSA) is 57.3 Å². The number of likely N-dealkylation sites (N-methyl/N-ethyl adjacent to an activating group) is 1. The lowest BCUT2D eigenvalue weighted by atomic mass is 10.1. The van der Waals surface area contributed by atoms with Crippen LogP contribution in [-0.4, -0.2) is 36.6 Å². The molecule has 0 fully saturated rings. The molecule has 0 spiro atoms. The van der Waals surface area contributed by atoms with Crippen LogP contribution in [0.25, 0.3) is 0 Å². The maximum Gasteiger partial charge on any atom is 0.319 e. The van der Waals surface area contributed by atoms with Crippen LogP contribution in [0.15, 0.2) is 78.0 Å². The number of carbonyl (C=O) groups excluding carboxylic acids is 1. The van der Waals surface area contributed by atoms with Crippen LogP contribution in [-0.2, 0) is 5.75 Å². The lowest BCUT2D eigenvalue weighted by Crippen LogP contribution is -2.36. The number of aromatic nitrogens is 1. The van der Waals surface area contributed by atoms with Crippen LogP contribution in [0.1, 0.15) is 17.2 Å². The Kier molecular flexibility index (Phi) is 7.82. The number of nitrogens with one attached hydrogen (secondary N) is 2. The number of halogens is 1. The van der Waals surface area contributed by atoms with Crippen LogP contribution < -0.4 is 10.6 Å². The summed E-state index contributed by atoms with van der Waals surface area (Å²) in [5, 5.41) is 6.71. The van der Waals surface area contributed by atoms with Gasteiger partial charge >= 0.3 is 6.03 Å². The number of nitrogens with zero attached hydrogens (tertiary/aromatic N) is 2. The lowest BCUT2D eigenvalue weighted by molar-refractivity contribution is 0.243. The van der Waals surface area contributed by atoms with E-state index in [2.05, 4.69) is 15.6 Å². The molecule has 7 heteroatoms. The number of pyridine rings is 1. The molecule has 1 unspecified atom stereocenters. The van der Waals surface area contributed by atoms with E-state index in [0.29, 0.717) is 6.54 Å². The van der Waals surface area contributed by atoms with Gasteiger partial charge in [0.05, 0.1) is 11.1 Å². The van der Waals surface area contributed by atoms with E-state index < -0.39 is 0 Å². The molecule has 0 radical (unpaired) electrons. The maximum atomic E-state index is 13.6. The second-order valence-electron chi connectivity index (χ2n) is 7.03. The third kappa shape index (κ3) is 6.57. The van der Waals surface area contributed by atoms with Crippen molar-refractivity contribution in [3.8, 4) is 0 Å². The Hall–Kier alpha value is -2.90. The summed E-state index contributed by atoms with van der Waals surface area (Å²) in [6.45, 7) is 0.359. The Balaban J connectivity index is 1.55. The van der Waals surface area contributed by atoms with Gasteiger partial charge in [0, 0.05) is 24.2 Å². The van der Waals surface area contributed by atoms with E-state index in [-0.39, 0.29) is 17.9 Å². The van der Waals surface area contributed by atoms with E-state index in [4.69, 9.17) is 0 Å². The van der Waals surface area contributed by atoms with Crippen molar-refractivity contribution in [1.82, 2.24) is 15.2 Å². The fraction of sp³-hybridized carbons (Fsp3) is 0.217. The second-order valence-corrected chi connectivity index (χ2v) is 8.02. The summed E-state index contributed by atoms with van der Waals surface area (Å²) in [6.07, 6.45) is 1.77. The van der Waals surface area contributed by atoms with Crippen LogP contribution in [0, 0.1) is 5.82 Å². The molecule has 0 bridgehead atoms. The molecule has 3 aromatic rings. The molecule has 3 rings (SSSR count). The number of carbonyl (C=O) groups is 1. The summed E-state index contributed by atoms with van der Waals surface area (Å²) < 4.78 is 13.6. The number of rotatable bonds is 8. The highest BCUT2D eigenvalue weighted by Gasteiger charge is 2.16. The Morgan fingerprint density at radius 2 is 1.93 bits per heavy atom. The fourth-order valence-electron chi connectivity index (χ4n) is 3.01. The highest BCUT2D eigenvalue weighted by atomic mass is 32.2. The summed E-state index contributed by atoms with van der Waals surface area (Å²) in [5.41, 5.74) is 2.63. The fourth-order valence-corrected chi connectivity index (χ4v) is 3.81. The normalized spacial score (nSPS) is 11.9. The lowest BCUT2D eigenvalue weighted by Gasteiger charge is -2.25. The Morgan fingerprint density at radius 1 is 1.10 bits per heavy atom. The van der Waals surface area contributed by atoms with Crippen LogP contribution >= 0.6 is 11.8 Å². The molecule has 0 aliphatic rings. The minimum atomic E-state index is -0.298. The molecule has 2 aromatic carbocycles. The highest BCUT2D eigenvalue weighted by molar-refractivity contribution is 7.98. The Bertz CT molecular complexity index is 968. The minimum absolute atomic E-state index is 0.132. The van der Waals surface area contributed by atoms with Gasteiger partial charge in [-0.25, -0.2) is 14.2 Å². The predicted molar refractivity (Wildman–Crippen MR) is 120 cm³/mol. The molecule has 0 aliphatic carbocycles. The van der Waals surface area contributed by atoms with Gasteiger partial charge in [0.15, 0.2) is 0 Å². The molecule has 0 aliphatic heterocycles. The number of urea groups is 1. The summed E-state index contributed by atoms with van der Waals surface area (Å²) in [4.78, 5) is 18.7. The van der Waals surface area contributed by atoms with Gasteiger partial charge in [-0.15, -0.1) is 11.8 Å². The summed E-state index contributed by atoms with van der Waals surface area (Å²) >= 11 is 1.64. The van der Waals surface area contributed by atoms with Crippen molar-refractivity contribution in [2.45, 2.75) is 16.8 Å². The van der Waals surface area contributed by atoms with Crippen molar-refractivity contribution < 1.29 is 9.18 Å². The Morgan fingerprint density at radius 3 is 2.67 bits per heavy atom. The number of amides is 2. The number of hydrogen-bond donors (Lipinski definition) is 2. The molecule has 0 saturated heterocycles. The average Bonchev–Trinajstić information content (AvgIpc) is 2.73. The maximum absolute atomic E-state index is 13.6. The Labute approximate surface area is 180 Å². The van der Waals surface area contributed by atoms with Crippen molar-refractivity contribution in [3.05, 3.63) is 89.9 Å². The van der Waals surface area contributed by atoms with E-state index in [9.17, 15) is 9.18 Å². The molecule has 2 N–H and O–H groups in total. The number of thioether (sulfide) groups is 1. The van der Waals surface area contributed by atoms with Gasteiger partial charge in [0.1, 0.15) is 5.82 Å². The molecule has 156 valence electrons. The zero-order chi connectivity index (χ0) is 21.3. The third-order valence-electron chi connectivity index (χ3n) is 4.52. The number of benzene rings is 2. The van der Waals surface area contributed by atoms with E-state index in [0.717, 1.165) is 27.6 Å². The largest absolute Gasteiger partial charge is 0.336 e. The van der Waals surface area contributed by atoms with Gasteiger partial charge in [-0.1, -0.05) is 30.3 Å². The van der Waals surface area contributed by atoms with Crippen molar-refractivity contribution in [2.75, 3.05) is 26.0 Å².